The zero-order valence-electron chi connectivity index (χ0n) is 13.7. The van der Waals surface area contributed by atoms with Gasteiger partial charge in [0, 0.05) is 12.2 Å². The number of benzene rings is 2. The van der Waals surface area contributed by atoms with Gasteiger partial charge in [-0.2, -0.15) is 5.26 Å². The summed E-state index contributed by atoms with van der Waals surface area (Å²) in [6, 6.07) is 12.5. The summed E-state index contributed by atoms with van der Waals surface area (Å²) in [6.07, 6.45) is 0.291. The SMILES string of the molecule is N#Cc1ccc(NC(=O)C2CC3(CN2)C(=O)Nc2ccccc23)c(F)c1. The molecule has 7 heteroatoms. The molecule has 0 bridgehead atoms. The van der Waals surface area contributed by atoms with Crippen LogP contribution in [-0.4, -0.2) is 24.4 Å². The van der Waals surface area contributed by atoms with Gasteiger partial charge in [-0.15, -0.1) is 0 Å². The Morgan fingerprint density at radius 3 is 2.88 bits per heavy atom. The second-order valence-electron chi connectivity index (χ2n) is 6.52. The summed E-state index contributed by atoms with van der Waals surface area (Å²) in [7, 11) is 0. The lowest BCUT2D eigenvalue weighted by Crippen LogP contribution is -2.36. The number of hydrogen-bond acceptors (Lipinski definition) is 4. The van der Waals surface area contributed by atoms with Crippen LogP contribution in [0.4, 0.5) is 15.8 Å². The standard InChI is InChI=1S/C19H15FN4O2/c20-13-7-11(9-21)5-6-15(13)23-17(25)16-8-19(10-22-16)12-3-1-2-4-14(12)24-18(19)26/h1-7,16,22H,8,10H2,(H,23,25)(H,24,26). The van der Waals surface area contributed by atoms with Crippen molar-refractivity contribution in [3.05, 3.63) is 59.4 Å². The average Bonchev–Trinajstić information content (AvgIpc) is 3.21. The van der Waals surface area contributed by atoms with E-state index in [0.717, 1.165) is 17.3 Å². The Labute approximate surface area is 149 Å². The van der Waals surface area contributed by atoms with Crippen molar-refractivity contribution in [2.24, 2.45) is 0 Å². The van der Waals surface area contributed by atoms with Gasteiger partial charge in [-0.3, -0.25) is 9.59 Å². The summed E-state index contributed by atoms with van der Waals surface area (Å²) in [6.45, 7) is 0.337. The van der Waals surface area contributed by atoms with E-state index in [1.807, 2.05) is 30.3 Å². The van der Waals surface area contributed by atoms with Gasteiger partial charge in [-0.25, -0.2) is 4.39 Å². The number of nitriles is 1. The Kier molecular flexibility index (Phi) is 3.71. The molecule has 2 aromatic rings. The van der Waals surface area contributed by atoms with Gasteiger partial charge in [0.2, 0.25) is 11.8 Å². The van der Waals surface area contributed by atoms with Gasteiger partial charge in [0.15, 0.2) is 0 Å². The van der Waals surface area contributed by atoms with E-state index < -0.39 is 23.2 Å². The van der Waals surface area contributed by atoms with Gasteiger partial charge in [-0.1, -0.05) is 18.2 Å². The van der Waals surface area contributed by atoms with Crippen LogP contribution in [0.1, 0.15) is 17.5 Å². The summed E-state index contributed by atoms with van der Waals surface area (Å²) in [4.78, 5) is 25.1. The summed E-state index contributed by atoms with van der Waals surface area (Å²) in [5, 5.41) is 17.2. The Hall–Kier alpha value is -3.24. The van der Waals surface area contributed by atoms with E-state index in [1.165, 1.54) is 12.1 Å². The molecule has 0 aromatic heterocycles. The first-order valence-corrected chi connectivity index (χ1v) is 8.18. The van der Waals surface area contributed by atoms with Gasteiger partial charge in [0.25, 0.3) is 0 Å². The third-order valence-corrected chi connectivity index (χ3v) is 5.00. The highest BCUT2D eigenvalue weighted by Crippen LogP contribution is 2.43. The van der Waals surface area contributed by atoms with Gasteiger partial charge in [0.05, 0.1) is 28.8 Å². The van der Waals surface area contributed by atoms with E-state index in [9.17, 15) is 14.0 Å². The highest BCUT2D eigenvalue weighted by atomic mass is 19.1. The molecule has 2 amide bonds. The van der Waals surface area contributed by atoms with Crippen LogP contribution < -0.4 is 16.0 Å². The van der Waals surface area contributed by atoms with E-state index in [-0.39, 0.29) is 17.2 Å². The van der Waals surface area contributed by atoms with Crippen LogP contribution in [0.5, 0.6) is 0 Å². The maximum absolute atomic E-state index is 14.0. The van der Waals surface area contributed by atoms with Crippen molar-refractivity contribution in [2.75, 3.05) is 17.2 Å². The fourth-order valence-electron chi connectivity index (χ4n) is 3.63. The van der Waals surface area contributed by atoms with Crippen LogP contribution >= 0.6 is 0 Å². The minimum Gasteiger partial charge on any atom is -0.325 e. The molecule has 2 aliphatic rings. The molecular formula is C19H15FN4O2. The molecule has 1 spiro atoms. The van der Waals surface area contributed by atoms with Crippen molar-refractivity contribution in [3.63, 3.8) is 0 Å². The zero-order chi connectivity index (χ0) is 18.3. The summed E-state index contributed by atoms with van der Waals surface area (Å²) in [5.41, 5.74) is 1.03. The van der Waals surface area contributed by atoms with Crippen molar-refractivity contribution in [3.8, 4) is 6.07 Å². The predicted molar refractivity (Wildman–Crippen MR) is 92.9 cm³/mol. The largest absolute Gasteiger partial charge is 0.325 e. The molecule has 2 atom stereocenters. The molecule has 1 fully saturated rings. The molecule has 6 nitrogen and oxygen atoms in total. The molecular weight excluding hydrogens is 335 g/mol. The Morgan fingerprint density at radius 2 is 2.12 bits per heavy atom. The minimum absolute atomic E-state index is 0.00743. The lowest BCUT2D eigenvalue weighted by molar-refractivity contribution is -0.120. The topological polar surface area (TPSA) is 94.0 Å². The Morgan fingerprint density at radius 1 is 1.31 bits per heavy atom. The summed E-state index contributed by atoms with van der Waals surface area (Å²) in [5.74, 6) is -1.22. The van der Waals surface area contributed by atoms with Crippen LogP contribution in [0.25, 0.3) is 0 Å². The number of fused-ring (bicyclic) bond motifs is 2. The van der Waals surface area contributed by atoms with Gasteiger partial charge >= 0.3 is 0 Å². The number of halogens is 1. The minimum atomic E-state index is -0.790. The van der Waals surface area contributed by atoms with Gasteiger partial charge in [0.1, 0.15) is 5.82 Å². The third-order valence-electron chi connectivity index (χ3n) is 5.00. The monoisotopic (exact) mass is 350 g/mol. The zero-order valence-corrected chi connectivity index (χ0v) is 13.7. The van der Waals surface area contributed by atoms with Crippen LogP contribution in [0.15, 0.2) is 42.5 Å². The number of rotatable bonds is 2. The molecule has 130 valence electrons. The number of anilines is 2. The summed E-state index contributed by atoms with van der Waals surface area (Å²) >= 11 is 0. The molecule has 4 rings (SSSR count). The van der Waals surface area contributed by atoms with Crippen molar-refractivity contribution in [1.29, 1.82) is 5.26 Å². The lowest BCUT2D eigenvalue weighted by atomic mass is 9.79. The average molecular weight is 350 g/mol. The second kappa shape index (κ2) is 5.93. The van der Waals surface area contributed by atoms with E-state index in [0.29, 0.717) is 13.0 Å². The van der Waals surface area contributed by atoms with Gasteiger partial charge in [-0.05, 0) is 36.2 Å². The molecule has 26 heavy (non-hydrogen) atoms. The van der Waals surface area contributed by atoms with E-state index in [2.05, 4.69) is 16.0 Å². The van der Waals surface area contributed by atoms with Crippen LogP contribution in [0, 0.1) is 17.1 Å². The first-order chi connectivity index (χ1) is 12.5. The molecule has 0 aliphatic carbocycles. The van der Waals surface area contributed by atoms with Crippen molar-refractivity contribution < 1.29 is 14.0 Å². The molecule has 0 saturated carbocycles. The fraction of sp³-hybridized carbons (Fsp3) is 0.211. The molecule has 1 saturated heterocycles. The van der Waals surface area contributed by atoms with E-state index >= 15 is 0 Å². The fourth-order valence-corrected chi connectivity index (χ4v) is 3.63. The van der Waals surface area contributed by atoms with Crippen LogP contribution in [-0.2, 0) is 15.0 Å². The quantitative estimate of drug-likeness (QED) is 0.771. The number of nitrogens with zero attached hydrogens (tertiary/aromatic N) is 1. The van der Waals surface area contributed by atoms with E-state index in [1.54, 1.807) is 0 Å². The van der Waals surface area contributed by atoms with Crippen molar-refractivity contribution in [2.45, 2.75) is 17.9 Å². The normalized spacial score (nSPS) is 23.4. The number of amides is 2. The number of hydrogen-bond donors (Lipinski definition) is 3. The van der Waals surface area contributed by atoms with Gasteiger partial charge < -0.3 is 16.0 Å². The molecule has 3 N–H and O–H groups in total. The Bertz CT molecular complexity index is 968. The maximum atomic E-state index is 14.0. The molecule has 2 aromatic carbocycles. The lowest BCUT2D eigenvalue weighted by Gasteiger charge is -2.20. The smallest absolute Gasteiger partial charge is 0.241 e. The third kappa shape index (κ3) is 2.43. The molecule has 2 aliphatic heterocycles. The number of carbonyl (C=O) groups is 2. The number of nitrogens with one attached hydrogen (secondary N) is 3. The first-order valence-electron chi connectivity index (χ1n) is 8.18. The van der Waals surface area contributed by atoms with E-state index in [4.69, 9.17) is 5.26 Å². The maximum Gasteiger partial charge on any atom is 0.241 e. The molecule has 0 radical (unpaired) electrons. The molecule has 2 unspecified atom stereocenters. The predicted octanol–water partition coefficient (Wildman–Crippen LogP) is 1.89. The highest BCUT2D eigenvalue weighted by molar-refractivity contribution is 6.08. The van der Waals surface area contributed by atoms with Crippen LogP contribution in [0.2, 0.25) is 0 Å². The van der Waals surface area contributed by atoms with Crippen LogP contribution in [0.3, 0.4) is 0 Å². The number of para-hydroxylation sites is 1. The molecule has 2 heterocycles. The second-order valence-corrected chi connectivity index (χ2v) is 6.52. The van der Waals surface area contributed by atoms with Crippen molar-refractivity contribution >= 4 is 23.2 Å². The van der Waals surface area contributed by atoms with Crippen molar-refractivity contribution in [1.82, 2.24) is 5.32 Å². The highest BCUT2D eigenvalue weighted by Gasteiger charge is 2.52. The summed E-state index contributed by atoms with van der Waals surface area (Å²) < 4.78 is 14.0. The first kappa shape index (κ1) is 16.2. The Balaban J connectivity index is 1.54. The number of carbonyl (C=O) groups excluding carboxylic acids is 2.